The minimum atomic E-state index is -0.245. The Morgan fingerprint density at radius 1 is 0.893 bits per heavy atom. The fourth-order valence-corrected chi connectivity index (χ4v) is 9.67. The molecule has 0 amide bonds. The first kappa shape index (κ1) is 18.6. The van der Waals surface area contributed by atoms with E-state index in [0.717, 1.165) is 32.4 Å². The van der Waals surface area contributed by atoms with Crippen LogP contribution in [-0.2, 0) is 4.74 Å². The molecular weight excluding hydrogens is 350 g/mol. The lowest BCUT2D eigenvalue weighted by atomic mass is 9.43. The van der Waals surface area contributed by atoms with Crippen LogP contribution in [0.1, 0.15) is 78.1 Å². The Hall–Kier alpha value is -0.160. The monoisotopic (exact) mass is 389 g/mol. The molecule has 6 rings (SSSR count). The van der Waals surface area contributed by atoms with Crippen LogP contribution in [0.25, 0.3) is 0 Å². The number of hydrogen-bond donors (Lipinski definition) is 2. The van der Waals surface area contributed by atoms with E-state index in [1.807, 2.05) is 0 Å². The van der Waals surface area contributed by atoms with Gasteiger partial charge in [0.05, 0.1) is 18.3 Å². The summed E-state index contributed by atoms with van der Waals surface area (Å²) in [6, 6.07) is 0. The highest BCUT2D eigenvalue weighted by Crippen LogP contribution is 2.73. The Morgan fingerprint density at radius 3 is 2.46 bits per heavy atom. The molecule has 4 aliphatic carbocycles. The van der Waals surface area contributed by atoms with Crippen molar-refractivity contribution in [3.63, 3.8) is 0 Å². The SMILES string of the molecule is C[C@@]12C3CC(O)CC1(N1CCCCC1)OC3C[C@@H]1[C@H]2CC[C@]2(C)C(O)CC[C@@H]12. The van der Waals surface area contributed by atoms with Gasteiger partial charge in [-0.15, -0.1) is 0 Å². The van der Waals surface area contributed by atoms with E-state index >= 15 is 0 Å². The Kier molecular flexibility index (Phi) is 3.96. The summed E-state index contributed by atoms with van der Waals surface area (Å²) in [5.41, 5.74) is 0.0397. The Labute approximate surface area is 170 Å². The quantitative estimate of drug-likeness (QED) is 0.720. The zero-order valence-electron chi connectivity index (χ0n) is 17.8. The number of aliphatic hydroxyl groups is 2. The minimum absolute atomic E-state index is 0.107. The second kappa shape index (κ2) is 5.96. The summed E-state index contributed by atoms with van der Waals surface area (Å²) in [7, 11) is 0. The third-order valence-corrected chi connectivity index (χ3v) is 11.0. The number of likely N-dealkylation sites (tertiary alicyclic amines) is 1. The molecule has 28 heavy (non-hydrogen) atoms. The van der Waals surface area contributed by atoms with Gasteiger partial charge in [0.15, 0.2) is 0 Å². The van der Waals surface area contributed by atoms with Crippen LogP contribution in [0.3, 0.4) is 0 Å². The van der Waals surface area contributed by atoms with Crippen molar-refractivity contribution >= 4 is 0 Å². The number of hydrogen-bond acceptors (Lipinski definition) is 4. The van der Waals surface area contributed by atoms with Crippen LogP contribution in [0, 0.1) is 34.5 Å². The molecule has 0 aromatic rings. The first-order chi connectivity index (χ1) is 13.4. The van der Waals surface area contributed by atoms with E-state index in [0.29, 0.717) is 29.8 Å². The number of rotatable bonds is 1. The van der Waals surface area contributed by atoms with Gasteiger partial charge in [0, 0.05) is 24.9 Å². The fourth-order valence-electron chi connectivity index (χ4n) is 9.67. The van der Waals surface area contributed by atoms with E-state index in [4.69, 9.17) is 4.74 Å². The van der Waals surface area contributed by atoms with Gasteiger partial charge < -0.3 is 14.9 Å². The maximum absolute atomic E-state index is 10.8. The molecular formula is C24H39NO3. The van der Waals surface area contributed by atoms with Gasteiger partial charge >= 0.3 is 0 Å². The van der Waals surface area contributed by atoms with E-state index < -0.39 is 0 Å². The van der Waals surface area contributed by atoms with Crippen molar-refractivity contribution in [3.05, 3.63) is 0 Å². The maximum Gasteiger partial charge on any atom is 0.130 e. The van der Waals surface area contributed by atoms with Gasteiger partial charge in [-0.3, -0.25) is 4.90 Å². The molecule has 2 N–H and O–H groups in total. The fraction of sp³-hybridized carbons (Fsp3) is 1.00. The standard InChI is InChI=1S/C24H39NO3/c1-22-9-8-18-16(17(22)6-7-21(22)27)13-20-19-12-15(26)14-24(28-20,23(18,19)2)25-10-4-3-5-11-25/h15-21,26-27H,3-14H2,1-2H3/t15?,16-,17-,18+,19?,20?,21?,22-,23+,24?/m0/s1. The van der Waals surface area contributed by atoms with Crippen molar-refractivity contribution in [3.8, 4) is 0 Å². The Morgan fingerprint density at radius 2 is 1.68 bits per heavy atom. The lowest BCUT2D eigenvalue weighted by Gasteiger charge is -2.63. The summed E-state index contributed by atoms with van der Waals surface area (Å²) < 4.78 is 7.11. The molecule has 0 aromatic carbocycles. The molecule has 2 aliphatic heterocycles. The van der Waals surface area contributed by atoms with Crippen molar-refractivity contribution in [1.29, 1.82) is 0 Å². The van der Waals surface area contributed by atoms with E-state index in [1.165, 1.54) is 44.9 Å². The van der Waals surface area contributed by atoms with Crippen molar-refractivity contribution in [2.45, 2.75) is 102 Å². The minimum Gasteiger partial charge on any atom is -0.393 e. The summed E-state index contributed by atoms with van der Waals surface area (Å²) in [4.78, 5) is 2.67. The first-order valence-corrected chi connectivity index (χ1v) is 12.2. The highest BCUT2D eigenvalue weighted by Gasteiger charge is 2.75. The summed E-state index contributed by atoms with van der Waals surface area (Å²) >= 11 is 0. The maximum atomic E-state index is 10.8. The van der Waals surface area contributed by atoms with Gasteiger partial charge in [0.1, 0.15) is 5.72 Å². The smallest absolute Gasteiger partial charge is 0.130 e. The van der Waals surface area contributed by atoms with Gasteiger partial charge in [-0.2, -0.15) is 0 Å². The zero-order valence-corrected chi connectivity index (χ0v) is 17.8. The molecule has 0 radical (unpaired) electrons. The van der Waals surface area contributed by atoms with Crippen molar-refractivity contribution in [2.75, 3.05) is 13.1 Å². The normalized spacial score (nSPS) is 61.1. The highest BCUT2D eigenvalue weighted by molar-refractivity contribution is 5.21. The van der Waals surface area contributed by atoms with Crippen LogP contribution in [0.4, 0.5) is 0 Å². The summed E-state index contributed by atoms with van der Waals surface area (Å²) in [5, 5.41) is 21.6. The predicted molar refractivity (Wildman–Crippen MR) is 108 cm³/mol. The van der Waals surface area contributed by atoms with Gasteiger partial charge in [-0.25, -0.2) is 0 Å². The molecule has 4 saturated carbocycles. The number of fused-ring (bicyclic) bond motifs is 3. The van der Waals surface area contributed by atoms with E-state index in [9.17, 15) is 10.2 Å². The average molecular weight is 390 g/mol. The molecule has 6 fully saturated rings. The first-order valence-electron chi connectivity index (χ1n) is 12.2. The largest absolute Gasteiger partial charge is 0.393 e. The molecule has 158 valence electrons. The van der Waals surface area contributed by atoms with Crippen molar-refractivity contribution in [2.24, 2.45) is 34.5 Å². The molecule has 4 nitrogen and oxygen atoms in total. The van der Waals surface area contributed by atoms with Crippen LogP contribution in [0.2, 0.25) is 0 Å². The highest BCUT2D eigenvalue weighted by atomic mass is 16.5. The van der Waals surface area contributed by atoms with Gasteiger partial charge in [0.2, 0.25) is 0 Å². The lowest BCUT2D eigenvalue weighted by Crippen LogP contribution is -2.67. The molecule has 2 heterocycles. The number of nitrogens with zero attached hydrogens (tertiary/aromatic N) is 1. The van der Waals surface area contributed by atoms with Crippen molar-refractivity contribution in [1.82, 2.24) is 4.90 Å². The van der Waals surface area contributed by atoms with E-state index in [1.54, 1.807) is 0 Å². The van der Waals surface area contributed by atoms with Gasteiger partial charge in [0.25, 0.3) is 0 Å². The van der Waals surface area contributed by atoms with E-state index in [2.05, 4.69) is 18.7 Å². The summed E-state index contributed by atoms with van der Waals surface area (Å²) in [6.45, 7) is 7.21. The molecule has 10 atom stereocenters. The number of piperidine rings is 1. The Balaban J connectivity index is 1.42. The predicted octanol–water partition coefficient (Wildman–Crippen LogP) is 3.55. The zero-order chi connectivity index (χ0) is 19.3. The van der Waals surface area contributed by atoms with Crippen LogP contribution >= 0.6 is 0 Å². The van der Waals surface area contributed by atoms with Crippen LogP contribution in [0.5, 0.6) is 0 Å². The molecule has 4 bridgehead atoms. The second-order valence-corrected chi connectivity index (χ2v) is 11.7. The third kappa shape index (κ3) is 2.07. The summed E-state index contributed by atoms with van der Waals surface area (Å²) in [6.07, 6.45) is 11.4. The van der Waals surface area contributed by atoms with Crippen molar-refractivity contribution < 1.29 is 14.9 Å². The topological polar surface area (TPSA) is 52.9 Å². The number of ether oxygens (including phenoxy) is 1. The molecule has 5 unspecified atom stereocenters. The van der Waals surface area contributed by atoms with Crippen LogP contribution in [-0.4, -0.2) is 52.2 Å². The van der Waals surface area contributed by atoms with Crippen LogP contribution < -0.4 is 0 Å². The average Bonchev–Trinajstić information content (AvgIpc) is 2.98. The molecule has 0 spiro atoms. The Bertz CT molecular complexity index is 650. The van der Waals surface area contributed by atoms with Crippen LogP contribution in [0.15, 0.2) is 0 Å². The number of aliphatic hydroxyl groups excluding tert-OH is 2. The molecule has 2 saturated heterocycles. The lowest BCUT2D eigenvalue weighted by molar-refractivity contribution is -0.234. The van der Waals surface area contributed by atoms with Gasteiger partial charge in [-0.05, 0) is 80.5 Å². The van der Waals surface area contributed by atoms with Gasteiger partial charge in [-0.1, -0.05) is 20.3 Å². The van der Waals surface area contributed by atoms with E-state index in [-0.39, 0.29) is 28.8 Å². The molecule has 0 aromatic heterocycles. The molecule has 6 aliphatic rings. The molecule has 4 heteroatoms. The second-order valence-electron chi connectivity index (χ2n) is 11.7. The third-order valence-electron chi connectivity index (χ3n) is 11.0. The summed E-state index contributed by atoms with van der Waals surface area (Å²) in [5.74, 6) is 2.56.